The zero-order valence-corrected chi connectivity index (χ0v) is 11.0. The van der Waals surface area contributed by atoms with E-state index in [1.54, 1.807) is 13.0 Å². The van der Waals surface area contributed by atoms with Crippen molar-refractivity contribution in [3.8, 4) is 0 Å². The zero-order valence-electron chi connectivity index (χ0n) is 11.0. The van der Waals surface area contributed by atoms with Gasteiger partial charge in [-0.1, -0.05) is 12.2 Å². The van der Waals surface area contributed by atoms with Gasteiger partial charge in [-0.15, -0.1) is 0 Å². The first kappa shape index (κ1) is 13.9. The van der Waals surface area contributed by atoms with Crippen LogP contribution in [0.4, 0.5) is 5.82 Å². The molecular formula is C14H14N2O4. The number of aromatic nitrogens is 1. The van der Waals surface area contributed by atoms with Crippen molar-refractivity contribution in [3.63, 3.8) is 0 Å². The summed E-state index contributed by atoms with van der Waals surface area (Å²) in [4.78, 5) is 25.7. The Morgan fingerprint density at radius 2 is 2.30 bits per heavy atom. The van der Waals surface area contributed by atoms with E-state index in [4.69, 9.17) is 4.74 Å². The van der Waals surface area contributed by atoms with Crippen LogP contribution in [0.1, 0.15) is 25.3 Å². The molecule has 0 fully saturated rings. The van der Waals surface area contributed by atoms with Crippen molar-refractivity contribution < 1.29 is 14.5 Å². The molecule has 104 valence electrons. The van der Waals surface area contributed by atoms with E-state index in [1.807, 2.05) is 12.2 Å². The van der Waals surface area contributed by atoms with Gasteiger partial charge < -0.3 is 14.9 Å². The van der Waals surface area contributed by atoms with Crippen molar-refractivity contribution in [1.29, 1.82) is 0 Å². The monoisotopic (exact) mass is 274 g/mol. The van der Waals surface area contributed by atoms with Crippen molar-refractivity contribution in [2.24, 2.45) is 0 Å². The third-order valence-electron chi connectivity index (χ3n) is 2.94. The molecule has 0 amide bonds. The van der Waals surface area contributed by atoms with E-state index in [0.717, 1.165) is 12.0 Å². The van der Waals surface area contributed by atoms with Gasteiger partial charge in [0.1, 0.15) is 6.20 Å². The van der Waals surface area contributed by atoms with Crippen LogP contribution in [0, 0.1) is 10.1 Å². The number of ether oxygens (including phenoxy) is 1. The maximum atomic E-state index is 11.9. The third kappa shape index (κ3) is 2.90. The van der Waals surface area contributed by atoms with Crippen LogP contribution in [-0.4, -0.2) is 22.5 Å². The maximum Gasteiger partial charge on any atom is 0.363 e. The van der Waals surface area contributed by atoms with Crippen molar-refractivity contribution in [2.45, 2.75) is 19.8 Å². The highest BCUT2D eigenvalue weighted by molar-refractivity contribution is 6.00. The molecule has 0 N–H and O–H groups in total. The zero-order chi connectivity index (χ0) is 14.5. The summed E-state index contributed by atoms with van der Waals surface area (Å²) >= 11 is 0. The highest BCUT2D eigenvalue weighted by Gasteiger charge is 2.19. The van der Waals surface area contributed by atoms with Gasteiger partial charge >= 0.3 is 11.8 Å². The minimum atomic E-state index is -0.554. The Morgan fingerprint density at radius 3 is 2.90 bits per heavy atom. The van der Waals surface area contributed by atoms with E-state index in [0.29, 0.717) is 24.2 Å². The number of nitro groups is 1. The smallest absolute Gasteiger partial charge is 0.363 e. The van der Waals surface area contributed by atoms with E-state index in [-0.39, 0.29) is 11.8 Å². The molecule has 0 aliphatic heterocycles. The average Bonchev–Trinajstić information content (AvgIpc) is 2.47. The first-order valence-electron chi connectivity index (χ1n) is 6.31. The number of carbonyl (C=O) groups is 1. The predicted molar refractivity (Wildman–Crippen MR) is 72.8 cm³/mol. The lowest BCUT2D eigenvalue weighted by Gasteiger charge is -2.14. The molecule has 0 aromatic carbocycles. The molecule has 0 saturated heterocycles. The quantitative estimate of drug-likeness (QED) is 0.479. The number of esters is 1. The summed E-state index contributed by atoms with van der Waals surface area (Å²) in [6.07, 6.45) is 6.57. The molecule has 6 heteroatoms. The van der Waals surface area contributed by atoms with Gasteiger partial charge in [0, 0.05) is 17.2 Å². The van der Waals surface area contributed by atoms with Crippen LogP contribution in [0.15, 0.2) is 36.1 Å². The topological polar surface area (TPSA) is 82.3 Å². The number of pyridine rings is 1. The second-order valence-electron chi connectivity index (χ2n) is 4.22. The standard InChI is InChI=1S/C14H14N2O4/c1-2-20-14(17)12-6-4-3-5-11(12)10-7-8-13(15-9-10)16(18)19/h3,5,7-9H,2,4,6H2,1H3. The highest BCUT2D eigenvalue weighted by Crippen LogP contribution is 2.28. The fraction of sp³-hybridized carbons (Fsp3) is 0.286. The van der Waals surface area contributed by atoms with Gasteiger partial charge in [-0.2, -0.15) is 0 Å². The van der Waals surface area contributed by atoms with Crippen LogP contribution in [0.2, 0.25) is 0 Å². The summed E-state index contributed by atoms with van der Waals surface area (Å²) in [5, 5.41) is 10.6. The summed E-state index contributed by atoms with van der Waals surface area (Å²) in [7, 11) is 0. The van der Waals surface area contributed by atoms with Crippen molar-refractivity contribution in [3.05, 3.63) is 51.7 Å². The van der Waals surface area contributed by atoms with Crippen molar-refractivity contribution >= 4 is 17.4 Å². The molecular weight excluding hydrogens is 260 g/mol. The minimum Gasteiger partial charge on any atom is -0.463 e. The van der Waals surface area contributed by atoms with E-state index in [1.165, 1.54) is 12.3 Å². The molecule has 1 heterocycles. The molecule has 0 spiro atoms. The highest BCUT2D eigenvalue weighted by atomic mass is 16.6. The number of nitrogens with zero attached hydrogens (tertiary/aromatic N) is 2. The lowest BCUT2D eigenvalue weighted by atomic mass is 9.93. The molecule has 0 saturated carbocycles. The molecule has 1 aromatic heterocycles. The van der Waals surface area contributed by atoms with Gasteiger partial charge in [0.25, 0.3) is 0 Å². The van der Waals surface area contributed by atoms with Gasteiger partial charge in [0.2, 0.25) is 0 Å². The van der Waals surface area contributed by atoms with Crippen LogP contribution in [-0.2, 0) is 9.53 Å². The lowest BCUT2D eigenvalue weighted by Crippen LogP contribution is -2.11. The molecule has 1 aliphatic rings. The van der Waals surface area contributed by atoms with E-state index < -0.39 is 4.92 Å². The van der Waals surface area contributed by atoms with E-state index >= 15 is 0 Å². The molecule has 20 heavy (non-hydrogen) atoms. The number of hydrogen-bond donors (Lipinski definition) is 0. The normalized spacial score (nSPS) is 14.2. The van der Waals surface area contributed by atoms with Gasteiger partial charge in [-0.25, -0.2) is 4.79 Å². The van der Waals surface area contributed by atoms with Gasteiger partial charge in [0.05, 0.1) is 6.61 Å². The van der Waals surface area contributed by atoms with Gasteiger partial charge in [-0.3, -0.25) is 0 Å². The fourth-order valence-electron chi connectivity index (χ4n) is 2.02. The second-order valence-corrected chi connectivity index (χ2v) is 4.22. The summed E-state index contributed by atoms with van der Waals surface area (Å²) in [5.41, 5.74) is 1.98. The number of hydrogen-bond acceptors (Lipinski definition) is 5. The molecule has 2 rings (SSSR count). The predicted octanol–water partition coefficient (Wildman–Crippen LogP) is 2.66. The first-order valence-corrected chi connectivity index (χ1v) is 6.31. The molecule has 1 aliphatic carbocycles. The molecule has 0 atom stereocenters. The van der Waals surface area contributed by atoms with Crippen LogP contribution >= 0.6 is 0 Å². The number of carbonyl (C=O) groups excluding carboxylic acids is 1. The van der Waals surface area contributed by atoms with Crippen LogP contribution in [0.25, 0.3) is 5.57 Å². The van der Waals surface area contributed by atoms with E-state index in [9.17, 15) is 14.9 Å². The Bertz CT molecular complexity index is 588. The minimum absolute atomic E-state index is 0.216. The van der Waals surface area contributed by atoms with Gasteiger partial charge in [-0.05, 0) is 41.3 Å². The van der Waals surface area contributed by atoms with Crippen LogP contribution in [0.5, 0.6) is 0 Å². The van der Waals surface area contributed by atoms with Crippen LogP contribution < -0.4 is 0 Å². The molecule has 0 unspecified atom stereocenters. The van der Waals surface area contributed by atoms with E-state index in [2.05, 4.69) is 4.98 Å². The average molecular weight is 274 g/mol. The number of allylic oxidation sites excluding steroid dienone is 3. The summed E-state index contributed by atoms with van der Waals surface area (Å²) in [5.74, 6) is -0.558. The van der Waals surface area contributed by atoms with Gasteiger partial charge in [0.15, 0.2) is 0 Å². The summed E-state index contributed by atoms with van der Waals surface area (Å²) < 4.78 is 5.04. The largest absolute Gasteiger partial charge is 0.463 e. The Hall–Kier alpha value is -2.50. The van der Waals surface area contributed by atoms with Crippen LogP contribution in [0.3, 0.4) is 0 Å². The molecule has 1 aromatic rings. The Morgan fingerprint density at radius 1 is 1.50 bits per heavy atom. The second kappa shape index (κ2) is 6.10. The molecule has 0 bridgehead atoms. The summed E-state index contributed by atoms with van der Waals surface area (Å²) in [6.45, 7) is 2.07. The maximum absolute atomic E-state index is 11.9. The summed E-state index contributed by atoms with van der Waals surface area (Å²) in [6, 6.07) is 2.92. The first-order chi connectivity index (χ1) is 9.63. The van der Waals surface area contributed by atoms with Crippen molar-refractivity contribution in [2.75, 3.05) is 6.61 Å². The Balaban J connectivity index is 2.38. The molecule has 0 radical (unpaired) electrons. The number of rotatable bonds is 4. The van der Waals surface area contributed by atoms with Crippen molar-refractivity contribution in [1.82, 2.24) is 4.98 Å². The Kier molecular flexibility index (Phi) is 4.24. The lowest BCUT2D eigenvalue weighted by molar-refractivity contribution is -0.389. The third-order valence-corrected chi connectivity index (χ3v) is 2.94. The fourth-order valence-corrected chi connectivity index (χ4v) is 2.02. The Labute approximate surface area is 115 Å². The molecule has 6 nitrogen and oxygen atoms in total. The SMILES string of the molecule is CCOC(=O)C1=C(c2ccc([N+](=O)[O-])nc2)C=CCC1.